The Labute approximate surface area is 143 Å². The number of carbonyl (C=O) groups is 1. The van der Waals surface area contributed by atoms with Gasteiger partial charge in [-0.1, -0.05) is 30.3 Å². The van der Waals surface area contributed by atoms with Gasteiger partial charge in [-0.05, 0) is 44.9 Å². The van der Waals surface area contributed by atoms with E-state index in [2.05, 4.69) is 15.9 Å². The summed E-state index contributed by atoms with van der Waals surface area (Å²) in [7, 11) is 1.79. The van der Waals surface area contributed by atoms with Gasteiger partial charge in [0.05, 0.1) is 9.83 Å². The summed E-state index contributed by atoms with van der Waals surface area (Å²) in [6.07, 6.45) is 0.567. The number of rotatable bonds is 5. The van der Waals surface area contributed by atoms with Crippen LogP contribution >= 0.6 is 39.7 Å². The number of benzene rings is 1. The molecular weight excluding hydrogens is 372 g/mol. The van der Waals surface area contributed by atoms with Crippen molar-refractivity contribution in [2.45, 2.75) is 19.0 Å². The maximum atomic E-state index is 12.3. The van der Waals surface area contributed by atoms with Gasteiger partial charge in [-0.15, -0.1) is 23.7 Å². The van der Waals surface area contributed by atoms with Gasteiger partial charge in [-0.25, -0.2) is 0 Å². The number of carbonyl (C=O) groups excluding carboxylic acids is 1. The van der Waals surface area contributed by atoms with Gasteiger partial charge in [-0.2, -0.15) is 0 Å². The molecule has 0 saturated heterocycles. The highest BCUT2D eigenvalue weighted by Gasteiger charge is 2.18. The smallest absolute Gasteiger partial charge is 0.239 e. The van der Waals surface area contributed by atoms with Crippen molar-refractivity contribution >= 4 is 45.6 Å². The summed E-state index contributed by atoms with van der Waals surface area (Å²) in [5.41, 5.74) is 8.21. The first kappa shape index (κ1) is 18.2. The van der Waals surface area contributed by atoms with Crippen molar-refractivity contribution in [3.05, 3.63) is 56.7 Å². The number of halogens is 2. The molecule has 1 atom stereocenters. The Kier molecular flexibility index (Phi) is 7.39. The second-order valence-electron chi connectivity index (χ2n) is 4.75. The summed E-state index contributed by atoms with van der Waals surface area (Å²) in [5.74, 6) is -0.0313. The molecule has 2 N–H and O–H groups in total. The lowest BCUT2D eigenvalue weighted by Crippen LogP contribution is -2.42. The van der Waals surface area contributed by atoms with E-state index in [0.717, 1.165) is 14.9 Å². The van der Waals surface area contributed by atoms with E-state index >= 15 is 0 Å². The van der Waals surface area contributed by atoms with Crippen molar-refractivity contribution in [3.8, 4) is 0 Å². The Hall–Kier alpha value is -0.880. The highest BCUT2D eigenvalue weighted by molar-refractivity contribution is 9.11. The minimum Gasteiger partial charge on any atom is -0.340 e. The SMILES string of the molecule is CN(Cc1csc(Br)c1)C(=O)C(N)Cc1ccccc1.Cl. The van der Waals surface area contributed by atoms with Crippen molar-refractivity contribution in [2.75, 3.05) is 7.05 Å². The topological polar surface area (TPSA) is 46.3 Å². The molecule has 1 aromatic carbocycles. The van der Waals surface area contributed by atoms with Crippen molar-refractivity contribution in [3.63, 3.8) is 0 Å². The number of nitrogens with zero attached hydrogens (tertiary/aromatic N) is 1. The standard InChI is InChI=1S/C15H17BrN2OS.ClH/c1-18(9-12-8-14(16)20-10-12)15(19)13(17)7-11-5-3-2-4-6-11;/h2-6,8,10,13H,7,9,17H2,1H3;1H. The molecule has 3 nitrogen and oxygen atoms in total. The minimum atomic E-state index is -0.496. The molecule has 0 bridgehead atoms. The normalized spacial score (nSPS) is 11.6. The van der Waals surface area contributed by atoms with Crippen LogP contribution in [0.1, 0.15) is 11.1 Å². The maximum absolute atomic E-state index is 12.3. The molecule has 2 aromatic rings. The fourth-order valence-electron chi connectivity index (χ4n) is 2.02. The summed E-state index contributed by atoms with van der Waals surface area (Å²) >= 11 is 5.04. The number of likely N-dealkylation sites (N-methyl/N-ethyl adjacent to an activating group) is 1. The van der Waals surface area contributed by atoms with Crippen molar-refractivity contribution in [2.24, 2.45) is 5.73 Å². The quantitative estimate of drug-likeness (QED) is 0.851. The van der Waals surface area contributed by atoms with Crippen LogP contribution in [-0.2, 0) is 17.8 Å². The average molecular weight is 390 g/mol. The Morgan fingerprint density at radius 2 is 2.00 bits per heavy atom. The zero-order valence-corrected chi connectivity index (χ0v) is 14.9. The zero-order valence-electron chi connectivity index (χ0n) is 11.7. The fraction of sp³-hybridized carbons (Fsp3) is 0.267. The maximum Gasteiger partial charge on any atom is 0.239 e. The zero-order chi connectivity index (χ0) is 14.5. The summed E-state index contributed by atoms with van der Waals surface area (Å²) in [5, 5.41) is 2.04. The van der Waals surface area contributed by atoms with E-state index in [4.69, 9.17) is 5.73 Å². The first-order valence-corrected chi connectivity index (χ1v) is 8.01. The van der Waals surface area contributed by atoms with Gasteiger partial charge in [0.25, 0.3) is 0 Å². The summed E-state index contributed by atoms with van der Waals surface area (Å²) < 4.78 is 1.07. The van der Waals surface area contributed by atoms with Gasteiger partial charge < -0.3 is 10.6 Å². The molecule has 2 rings (SSSR count). The third kappa shape index (κ3) is 5.43. The summed E-state index contributed by atoms with van der Waals surface area (Å²) in [4.78, 5) is 13.9. The number of hydrogen-bond donors (Lipinski definition) is 1. The van der Waals surface area contributed by atoms with Gasteiger partial charge in [0, 0.05) is 13.6 Å². The van der Waals surface area contributed by atoms with E-state index in [1.165, 1.54) is 0 Å². The van der Waals surface area contributed by atoms with E-state index in [0.29, 0.717) is 13.0 Å². The molecule has 1 aromatic heterocycles. The van der Waals surface area contributed by atoms with Crippen molar-refractivity contribution in [1.82, 2.24) is 4.90 Å². The monoisotopic (exact) mass is 388 g/mol. The van der Waals surface area contributed by atoms with Crippen molar-refractivity contribution < 1.29 is 4.79 Å². The lowest BCUT2D eigenvalue weighted by molar-refractivity contribution is -0.131. The third-order valence-electron chi connectivity index (χ3n) is 3.03. The highest BCUT2D eigenvalue weighted by Crippen LogP contribution is 2.21. The molecule has 0 spiro atoms. The van der Waals surface area contributed by atoms with Crippen LogP contribution in [-0.4, -0.2) is 23.9 Å². The van der Waals surface area contributed by atoms with Gasteiger partial charge in [0.2, 0.25) is 5.91 Å². The Morgan fingerprint density at radius 1 is 1.33 bits per heavy atom. The number of amides is 1. The first-order valence-electron chi connectivity index (χ1n) is 6.33. The number of thiophene rings is 1. The second-order valence-corrected chi connectivity index (χ2v) is 7.04. The molecule has 1 unspecified atom stereocenters. The molecule has 1 heterocycles. The summed E-state index contributed by atoms with van der Waals surface area (Å²) in [6, 6.07) is 11.4. The molecule has 0 saturated carbocycles. The molecular formula is C15H18BrClN2OS. The summed E-state index contributed by atoms with van der Waals surface area (Å²) in [6.45, 7) is 0.587. The predicted octanol–water partition coefficient (Wildman–Crippen LogP) is 3.46. The van der Waals surface area contributed by atoms with E-state index in [-0.39, 0.29) is 18.3 Å². The molecule has 0 fully saturated rings. The Balaban J connectivity index is 0.00000220. The lowest BCUT2D eigenvalue weighted by Gasteiger charge is -2.21. The largest absolute Gasteiger partial charge is 0.340 e. The second kappa shape index (κ2) is 8.54. The molecule has 114 valence electrons. The van der Waals surface area contributed by atoms with Crippen LogP contribution in [0.15, 0.2) is 45.6 Å². The Morgan fingerprint density at radius 3 is 2.57 bits per heavy atom. The molecule has 0 aliphatic heterocycles. The van der Waals surface area contributed by atoms with Crippen LogP contribution in [0.3, 0.4) is 0 Å². The van der Waals surface area contributed by atoms with Crippen LogP contribution in [0, 0.1) is 0 Å². The number of hydrogen-bond acceptors (Lipinski definition) is 3. The van der Waals surface area contributed by atoms with E-state index in [9.17, 15) is 4.79 Å². The lowest BCUT2D eigenvalue weighted by atomic mass is 10.1. The third-order valence-corrected chi connectivity index (χ3v) is 4.59. The van der Waals surface area contributed by atoms with Crippen molar-refractivity contribution in [1.29, 1.82) is 0 Å². The highest BCUT2D eigenvalue weighted by atomic mass is 79.9. The molecule has 1 amide bonds. The fourth-order valence-corrected chi connectivity index (χ4v) is 3.22. The Bertz CT molecular complexity index is 576. The molecule has 21 heavy (non-hydrogen) atoms. The molecule has 0 aliphatic rings. The number of nitrogens with two attached hydrogens (primary N) is 1. The van der Waals surface area contributed by atoms with E-state index in [1.54, 1.807) is 23.3 Å². The first-order chi connectivity index (χ1) is 9.56. The minimum absolute atomic E-state index is 0. The predicted molar refractivity (Wildman–Crippen MR) is 93.9 cm³/mol. The van der Waals surface area contributed by atoms with E-state index in [1.807, 2.05) is 41.8 Å². The van der Waals surface area contributed by atoms with Crippen LogP contribution in [0.25, 0.3) is 0 Å². The van der Waals surface area contributed by atoms with Crippen LogP contribution in [0.2, 0.25) is 0 Å². The van der Waals surface area contributed by atoms with Gasteiger partial charge in [-0.3, -0.25) is 4.79 Å². The molecule has 6 heteroatoms. The van der Waals surface area contributed by atoms with Gasteiger partial charge >= 0.3 is 0 Å². The molecule has 0 aliphatic carbocycles. The average Bonchev–Trinajstić information content (AvgIpc) is 2.84. The van der Waals surface area contributed by atoms with Gasteiger partial charge in [0.15, 0.2) is 0 Å². The van der Waals surface area contributed by atoms with Gasteiger partial charge in [0.1, 0.15) is 0 Å². The van der Waals surface area contributed by atoms with Crippen LogP contribution in [0.4, 0.5) is 0 Å². The van der Waals surface area contributed by atoms with Crippen LogP contribution < -0.4 is 5.73 Å². The van der Waals surface area contributed by atoms with E-state index < -0.39 is 6.04 Å². The van der Waals surface area contributed by atoms with Crippen LogP contribution in [0.5, 0.6) is 0 Å². The molecule has 0 radical (unpaired) electrons.